The minimum atomic E-state index is -1.86. The summed E-state index contributed by atoms with van der Waals surface area (Å²) in [7, 11) is -2.15. The van der Waals surface area contributed by atoms with Crippen LogP contribution < -0.4 is 5.19 Å². The van der Waals surface area contributed by atoms with Gasteiger partial charge in [-0.1, -0.05) is 92.8 Å². The average Bonchev–Trinajstić information content (AvgIpc) is 3.17. The number of allylic oxidation sites excluding steroid dienone is 1. The Bertz CT molecular complexity index is 1000. The van der Waals surface area contributed by atoms with Crippen LogP contribution in [-0.2, 0) is 15.7 Å². The molecule has 2 bridgehead atoms. The van der Waals surface area contributed by atoms with Crippen molar-refractivity contribution in [1.29, 1.82) is 0 Å². The van der Waals surface area contributed by atoms with Gasteiger partial charge in [-0.2, -0.15) is 0 Å². The van der Waals surface area contributed by atoms with Gasteiger partial charge in [0.2, 0.25) is 0 Å². The molecule has 4 fully saturated rings. The van der Waals surface area contributed by atoms with Crippen molar-refractivity contribution in [3.8, 4) is 0 Å². The smallest absolute Gasteiger partial charge is 0.402 e. The highest BCUT2D eigenvalue weighted by Gasteiger charge is 2.68. The minimum absolute atomic E-state index is 0.186. The summed E-state index contributed by atoms with van der Waals surface area (Å²) >= 11 is 0. The standard InChI is InChI=1S/C29H39BO2Si/c1-21(30-31-27-20-23-19-26(28(23,2)3)29(27,4)32-30)25(18-17-22-13-9-7-10-14-22)33(5,6)24-15-11-8-12-16-24/h7-16,23,25-27H,1,17-20H2,2-6H3/t23-,25-,26-,27-,29-/m0/s1. The molecule has 4 heteroatoms. The van der Waals surface area contributed by atoms with Crippen LogP contribution in [0.2, 0.25) is 18.6 Å². The molecule has 3 aliphatic carbocycles. The number of rotatable bonds is 7. The minimum Gasteiger partial charge on any atom is -0.402 e. The maximum Gasteiger partial charge on any atom is 0.489 e. The van der Waals surface area contributed by atoms with Crippen LogP contribution in [0.4, 0.5) is 0 Å². The fourth-order valence-corrected chi connectivity index (χ4v) is 10.6. The Hall–Kier alpha value is -1.62. The highest BCUT2D eigenvalue weighted by molar-refractivity contribution is 6.92. The number of hydrogen-bond donors (Lipinski definition) is 0. The van der Waals surface area contributed by atoms with Gasteiger partial charge in [-0.05, 0) is 66.4 Å². The summed E-state index contributed by atoms with van der Waals surface area (Å²) in [5.74, 6) is 1.34. The maximum absolute atomic E-state index is 6.86. The van der Waals surface area contributed by atoms with E-state index in [-0.39, 0.29) is 18.8 Å². The van der Waals surface area contributed by atoms with Crippen molar-refractivity contribution in [1.82, 2.24) is 0 Å². The molecule has 1 saturated heterocycles. The van der Waals surface area contributed by atoms with Gasteiger partial charge in [-0.15, -0.1) is 6.58 Å². The van der Waals surface area contributed by atoms with Gasteiger partial charge < -0.3 is 9.31 Å². The molecule has 0 N–H and O–H groups in total. The zero-order chi connectivity index (χ0) is 23.4. The van der Waals surface area contributed by atoms with Crippen LogP contribution in [0.5, 0.6) is 0 Å². The van der Waals surface area contributed by atoms with Crippen molar-refractivity contribution in [2.75, 3.05) is 0 Å². The first kappa shape index (κ1) is 23.1. The van der Waals surface area contributed by atoms with Crippen LogP contribution in [0.15, 0.2) is 72.7 Å². The maximum atomic E-state index is 6.86. The Kier molecular flexibility index (Phi) is 5.79. The van der Waals surface area contributed by atoms with Crippen LogP contribution in [0, 0.1) is 17.3 Å². The number of hydrogen-bond acceptors (Lipinski definition) is 2. The van der Waals surface area contributed by atoms with E-state index < -0.39 is 8.07 Å². The summed E-state index contributed by atoms with van der Waals surface area (Å²) in [5.41, 5.74) is 3.11. The van der Waals surface area contributed by atoms with Crippen molar-refractivity contribution < 1.29 is 9.31 Å². The van der Waals surface area contributed by atoms with E-state index in [0.29, 0.717) is 16.9 Å². The second-order valence-corrected chi connectivity index (χ2v) is 16.8. The second kappa shape index (κ2) is 8.25. The lowest BCUT2D eigenvalue weighted by atomic mass is 9.43. The van der Waals surface area contributed by atoms with Gasteiger partial charge in [0, 0.05) is 0 Å². The van der Waals surface area contributed by atoms with Crippen molar-refractivity contribution in [3.63, 3.8) is 0 Å². The molecule has 2 aromatic carbocycles. The third-order valence-electron chi connectivity index (χ3n) is 9.65. The van der Waals surface area contributed by atoms with Gasteiger partial charge >= 0.3 is 7.12 Å². The van der Waals surface area contributed by atoms with E-state index in [2.05, 4.69) is 101 Å². The lowest BCUT2D eigenvalue weighted by molar-refractivity contribution is -0.199. The van der Waals surface area contributed by atoms with Crippen molar-refractivity contribution in [2.24, 2.45) is 17.3 Å². The molecule has 0 radical (unpaired) electrons. The molecule has 0 aromatic heterocycles. The summed E-state index contributed by atoms with van der Waals surface area (Å²) < 4.78 is 13.6. The van der Waals surface area contributed by atoms with E-state index in [1.807, 2.05) is 0 Å². The Morgan fingerprint density at radius 1 is 1.03 bits per heavy atom. The van der Waals surface area contributed by atoms with Crippen LogP contribution in [0.1, 0.15) is 45.6 Å². The lowest BCUT2D eigenvalue weighted by Crippen LogP contribution is -2.65. The second-order valence-electron chi connectivity index (χ2n) is 12.0. The topological polar surface area (TPSA) is 18.5 Å². The van der Waals surface area contributed by atoms with Crippen molar-refractivity contribution in [3.05, 3.63) is 78.3 Å². The SMILES string of the molecule is C=C(B1O[C@H]2C[C@@H]3C[C@@H](C3(C)C)[C@]2(C)O1)[C@H](CCc1ccccc1)[Si](C)(C)c1ccccc1. The zero-order valence-corrected chi connectivity index (χ0v) is 22.0. The number of benzene rings is 2. The van der Waals surface area contributed by atoms with Crippen LogP contribution in [-0.4, -0.2) is 26.9 Å². The Morgan fingerprint density at radius 3 is 2.30 bits per heavy atom. The summed E-state index contributed by atoms with van der Waals surface area (Å²) in [6, 6.07) is 21.9. The van der Waals surface area contributed by atoms with E-state index in [1.165, 1.54) is 17.2 Å². The van der Waals surface area contributed by atoms with Gasteiger partial charge in [0.1, 0.15) is 0 Å². The highest BCUT2D eigenvalue weighted by atomic mass is 28.3. The molecule has 2 nitrogen and oxygen atoms in total. The van der Waals surface area contributed by atoms with E-state index in [9.17, 15) is 0 Å². The van der Waals surface area contributed by atoms with Crippen LogP contribution >= 0.6 is 0 Å². The molecule has 4 aliphatic rings. The molecular weight excluding hydrogens is 419 g/mol. The monoisotopic (exact) mass is 458 g/mol. The van der Waals surface area contributed by atoms with Gasteiger partial charge in [0.25, 0.3) is 0 Å². The molecule has 2 aromatic rings. The Labute approximate surface area is 201 Å². The molecular formula is C29H39BO2Si. The fraction of sp³-hybridized carbons (Fsp3) is 0.517. The molecule has 1 aliphatic heterocycles. The summed E-state index contributed by atoms with van der Waals surface area (Å²) in [4.78, 5) is 0. The third kappa shape index (κ3) is 3.79. The van der Waals surface area contributed by atoms with Crippen LogP contribution in [0.3, 0.4) is 0 Å². The molecule has 1 heterocycles. The van der Waals surface area contributed by atoms with Gasteiger partial charge in [-0.25, -0.2) is 0 Å². The summed E-state index contributed by atoms with van der Waals surface area (Å²) in [6.45, 7) is 16.8. The third-order valence-corrected chi connectivity index (χ3v) is 13.9. The largest absolute Gasteiger partial charge is 0.489 e. The van der Waals surface area contributed by atoms with Gasteiger partial charge in [-0.3, -0.25) is 0 Å². The highest BCUT2D eigenvalue weighted by Crippen LogP contribution is 2.66. The molecule has 174 valence electrons. The summed E-state index contributed by atoms with van der Waals surface area (Å²) in [6.07, 6.45) is 4.74. The predicted molar refractivity (Wildman–Crippen MR) is 141 cm³/mol. The first-order chi connectivity index (χ1) is 15.6. The Morgan fingerprint density at radius 2 is 1.67 bits per heavy atom. The fourth-order valence-electron chi connectivity index (χ4n) is 7.22. The van der Waals surface area contributed by atoms with E-state index in [4.69, 9.17) is 9.31 Å². The Balaban J connectivity index is 1.41. The van der Waals surface area contributed by atoms with Crippen molar-refractivity contribution in [2.45, 2.75) is 76.8 Å². The normalized spacial score (nSPS) is 30.9. The molecule has 0 amide bonds. The summed E-state index contributed by atoms with van der Waals surface area (Å²) in [5, 5.41) is 1.48. The van der Waals surface area contributed by atoms with Crippen LogP contribution in [0.25, 0.3) is 0 Å². The number of aryl methyl sites for hydroxylation is 1. The molecule has 3 saturated carbocycles. The molecule has 0 unspecified atom stereocenters. The molecule has 6 rings (SSSR count). The first-order valence-electron chi connectivity index (χ1n) is 12.8. The molecule has 33 heavy (non-hydrogen) atoms. The molecule has 5 atom stereocenters. The van der Waals surface area contributed by atoms with Gasteiger partial charge in [0.15, 0.2) is 0 Å². The van der Waals surface area contributed by atoms with E-state index in [0.717, 1.165) is 30.7 Å². The van der Waals surface area contributed by atoms with Crippen molar-refractivity contribution >= 4 is 20.4 Å². The van der Waals surface area contributed by atoms with Gasteiger partial charge in [0.05, 0.1) is 19.8 Å². The first-order valence-corrected chi connectivity index (χ1v) is 15.8. The van der Waals surface area contributed by atoms with E-state index in [1.54, 1.807) is 0 Å². The quantitative estimate of drug-likeness (QED) is 0.445. The molecule has 0 spiro atoms. The zero-order valence-electron chi connectivity index (χ0n) is 21.0. The average molecular weight is 459 g/mol. The van der Waals surface area contributed by atoms with E-state index >= 15 is 0 Å². The predicted octanol–water partition coefficient (Wildman–Crippen LogP) is 6.43. The lowest BCUT2D eigenvalue weighted by Gasteiger charge is -2.64.